The third kappa shape index (κ3) is 4.04. The first-order chi connectivity index (χ1) is 10.0. The summed E-state index contributed by atoms with van der Waals surface area (Å²) in [7, 11) is 0. The summed E-state index contributed by atoms with van der Waals surface area (Å²) >= 11 is 1.43. The Bertz CT molecular complexity index is 525. The second-order valence-corrected chi connectivity index (χ2v) is 5.84. The Labute approximate surface area is 126 Å². The van der Waals surface area contributed by atoms with Crippen molar-refractivity contribution in [2.75, 3.05) is 6.54 Å². The Morgan fingerprint density at radius 1 is 1.48 bits per heavy atom. The molecule has 0 saturated heterocycles. The highest BCUT2D eigenvalue weighted by molar-refractivity contribution is 7.08. The molecule has 6 nitrogen and oxygen atoms in total. The zero-order valence-electron chi connectivity index (χ0n) is 11.7. The molecule has 1 aromatic heterocycles. The van der Waals surface area contributed by atoms with E-state index in [2.05, 4.69) is 5.32 Å². The summed E-state index contributed by atoms with van der Waals surface area (Å²) < 4.78 is 0. The van der Waals surface area contributed by atoms with Crippen LogP contribution in [0, 0.1) is 0 Å². The van der Waals surface area contributed by atoms with Gasteiger partial charge in [0, 0.05) is 30.0 Å². The van der Waals surface area contributed by atoms with Gasteiger partial charge in [-0.15, -0.1) is 0 Å². The van der Waals surface area contributed by atoms with Gasteiger partial charge in [0.25, 0.3) is 5.91 Å². The van der Waals surface area contributed by atoms with E-state index in [0.29, 0.717) is 5.56 Å². The van der Waals surface area contributed by atoms with E-state index in [9.17, 15) is 14.4 Å². The number of hydrogen-bond acceptors (Lipinski definition) is 4. The zero-order chi connectivity index (χ0) is 15.4. The van der Waals surface area contributed by atoms with E-state index in [-0.39, 0.29) is 30.8 Å². The fourth-order valence-corrected chi connectivity index (χ4v) is 2.75. The van der Waals surface area contributed by atoms with Crippen LogP contribution in [0.3, 0.4) is 0 Å². The highest BCUT2D eigenvalue weighted by Gasteiger charge is 2.37. The minimum absolute atomic E-state index is 0.0381. The molecule has 7 heteroatoms. The minimum atomic E-state index is -1.00. The number of aliphatic carboxylic acids is 1. The fourth-order valence-electron chi connectivity index (χ4n) is 2.12. The molecule has 114 valence electrons. The number of nitrogens with one attached hydrogen (secondary N) is 1. The van der Waals surface area contributed by atoms with Crippen molar-refractivity contribution in [1.29, 1.82) is 0 Å². The van der Waals surface area contributed by atoms with Crippen LogP contribution in [0.5, 0.6) is 0 Å². The van der Waals surface area contributed by atoms with Crippen molar-refractivity contribution in [3.8, 4) is 0 Å². The van der Waals surface area contributed by atoms with Crippen molar-refractivity contribution in [2.45, 2.75) is 38.3 Å². The maximum absolute atomic E-state index is 12.2. The number of thiophene rings is 1. The Balaban J connectivity index is 1.82. The smallest absolute Gasteiger partial charge is 0.326 e. The second-order valence-electron chi connectivity index (χ2n) is 5.06. The number of hydrogen-bond donors (Lipinski definition) is 2. The molecule has 1 unspecified atom stereocenters. The van der Waals surface area contributed by atoms with Crippen molar-refractivity contribution in [1.82, 2.24) is 10.2 Å². The van der Waals surface area contributed by atoms with Gasteiger partial charge in [-0.2, -0.15) is 11.3 Å². The molecule has 0 spiro atoms. The molecule has 1 heterocycles. The van der Waals surface area contributed by atoms with Crippen LogP contribution in [0.2, 0.25) is 0 Å². The maximum Gasteiger partial charge on any atom is 0.326 e. The third-order valence-electron chi connectivity index (χ3n) is 3.41. The van der Waals surface area contributed by atoms with Crippen LogP contribution in [-0.4, -0.2) is 46.4 Å². The molecular formula is C14H18N2O4S. The number of carboxylic acids is 1. The maximum atomic E-state index is 12.2. The van der Waals surface area contributed by atoms with Crippen molar-refractivity contribution in [3.63, 3.8) is 0 Å². The first kappa shape index (κ1) is 15.5. The lowest BCUT2D eigenvalue weighted by Gasteiger charge is -2.26. The van der Waals surface area contributed by atoms with Crippen LogP contribution >= 0.6 is 11.3 Å². The van der Waals surface area contributed by atoms with Gasteiger partial charge in [0.2, 0.25) is 5.91 Å². The predicted octanol–water partition coefficient (Wildman–Crippen LogP) is 1.33. The number of rotatable bonds is 7. The monoisotopic (exact) mass is 310 g/mol. The van der Waals surface area contributed by atoms with Crippen molar-refractivity contribution in [3.05, 3.63) is 22.4 Å². The standard InChI is InChI=1S/C14H18N2O4S/c1-9(14(19)20)16(11-2-3-11)12(17)4-6-15-13(18)10-5-7-21-8-10/h5,7-9,11H,2-4,6H2,1H3,(H,15,18)(H,19,20). The molecule has 0 bridgehead atoms. The van der Waals surface area contributed by atoms with E-state index >= 15 is 0 Å². The van der Waals surface area contributed by atoms with Gasteiger partial charge in [-0.1, -0.05) is 0 Å². The van der Waals surface area contributed by atoms with Gasteiger partial charge in [0.15, 0.2) is 0 Å². The number of carboxylic acid groups (broad SMARTS) is 1. The van der Waals surface area contributed by atoms with Gasteiger partial charge in [-0.05, 0) is 31.2 Å². The fraction of sp³-hybridized carbons (Fsp3) is 0.500. The molecule has 2 amide bonds. The summed E-state index contributed by atoms with van der Waals surface area (Å²) in [6.07, 6.45) is 1.82. The molecule has 21 heavy (non-hydrogen) atoms. The van der Waals surface area contributed by atoms with E-state index in [4.69, 9.17) is 5.11 Å². The minimum Gasteiger partial charge on any atom is -0.480 e. The summed E-state index contributed by atoms with van der Waals surface area (Å²) in [6.45, 7) is 1.73. The lowest BCUT2D eigenvalue weighted by molar-refractivity contribution is -0.150. The Morgan fingerprint density at radius 2 is 2.19 bits per heavy atom. The van der Waals surface area contributed by atoms with E-state index in [1.54, 1.807) is 11.4 Å². The number of amides is 2. The van der Waals surface area contributed by atoms with Crippen molar-refractivity contribution in [2.24, 2.45) is 0 Å². The van der Waals surface area contributed by atoms with Gasteiger partial charge in [0.1, 0.15) is 6.04 Å². The van der Waals surface area contributed by atoms with Crippen LogP contribution in [0.1, 0.15) is 36.5 Å². The Morgan fingerprint density at radius 3 is 2.71 bits per heavy atom. The van der Waals surface area contributed by atoms with Gasteiger partial charge >= 0.3 is 5.97 Å². The van der Waals surface area contributed by atoms with E-state index in [0.717, 1.165) is 12.8 Å². The molecule has 1 aromatic rings. The largest absolute Gasteiger partial charge is 0.480 e. The van der Waals surface area contributed by atoms with Crippen molar-refractivity contribution < 1.29 is 19.5 Å². The van der Waals surface area contributed by atoms with E-state index in [1.807, 2.05) is 5.38 Å². The van der Waals surface area contributed by atoms with E-state index < -0.39 is 12.0 Å². The molecule has 1 aliphatic carbocycles. The summed E-state index contributed by atoms with van der Waals surface area (Å²) in [5.74, 6) is -1.44. The van der Waals surface area contributed by atoms with Gasteiger partial charge in [-0.3, -0.25) is 9.59 Å². The molecule has 2 rings (SSSR count). The Kier molecular flexibility index (Phi) is 4.95. The van der Waals surface area contributed by atoms with Crippen LogP contribution in [0.25, 0.3) is 0 Å². The molecule has 1 aliphatic rings. The van der Waals surface area contributed by atoms with Crippen LogP contribution in [0.4, 0.5) is 0 Å². The summed E-state index contributed by atoms with van der Waals surface area (Å²) in [6, 6.07) is 0.930. The average Bonchev–Trinajstić information content (AvgIpc) is 3.11. The summed E-state index contributed by atoms with van der Waals surface area (Å²) in [5, 5.41) is 15.3. The normalized spacial score (nSPS) is 15.3. The Hall–Kier alpha value is -1.89. The highest BCUT2D eigenvalue weighted by atomic mass is 32.1. The molecule has 1 fully saturated rings. The van der Waals surface area contributed by atoms with Crippen molar-refractivity contribution >= 4 is 29.1 Å². The van der Waals surface area contributed by atoms with Gasteiger partial charge < -0.3 is 15.3 Å². The van der Waals surface area contributed by atoms with Crippen LogP contribution in [-0.2, 0) is 9.59 Å². The number of carbonyl (C=O) groups excluding carboxylic acids is 2. The SMILES string of the molecule is CC(C(=O)O)N(C(=O)CCNC(=O)c1ccsc1)C1CC1. The highest BCUT2D eigenvalue weighted by Crippen LogP contribution is 2.29. The van der Waals surface area contributed by atoms with Crippen LogP contribution < -0.4 is 5.32 Å². The van der Waals surface area contributed by atoms with Gasteiger partial charge in [-0.25, -0.2) is 4.79 Å². The van der Waals surface area contributed by atoms with Crippen LogP contribution in [0.15, 0.2) is 16.8 Å². The lowest BCUT2D eigenvalue weighted by Crippen LogP contribution is -2.45. The molecule has 0 aliphatic heterocycles. The quantitative estimate of drug-likeness (QED) is 0.795. The summed E-state index contributed by atoms with van der Waals surface area (Å²) in [5.41, 5.74) is 0.574. The predicted molar refractivity (Wildman–Crippen MR) is 78.2 cm³/mol. The topological polar surface area (TPSA) is 86.7 Å². The van der Waals surface area contributed by atoms with E-state index in [1.165, 1.54) is 23.2 Å². The zero-order valence-corrected chi connectivity index (χ0v) is 12.6. The molecule has 0 aromatic carbocycles. The van der Waals surface area contributed by atoms with Gasteiger partial charge in [0.05, 0.1) is 0 Å². The molecule has 1 atom stereocenters. The molecular weight excluding hydrogens is 292 g/mol. The molecule has 2 N–H and O–H groups in total. The number of nitrogens with zero attached hydrogens (tertiary/aromatic N) is 1. The second kappa shape index (κ2) is 6.71. The average molecular weight is 310 g/mol. The summed E-state index contributed by atoms with van der Waals surface area (Å²) in [4.78, 5) is 36.4. The number of carbonyl (C=O) groups is 3. The molecule has 1 saturated carbocycles. The molecule has 0 radical (unpaired) electrons. The third-order valence-corrected chi connectivity index (χ3v) is 4.09. The first-order valence-electron chi connectivity index (χ1n) is 6.85. The first-order valence-corrected chi connectivity index (χ1v) is 7.79. The lowest BCUT2D eigenvalue weighted by atomic mass is 10.2.